The summed E-state index contributed by atoms with van der Waals surface area (Å²) in [5.74, 6) is 1.95. The average Bonchev–Trinajstić information content (AvgIpc) is 3.11. The smallest absolute Gasteiger partial charge is 0.164 e. The van der Waals surface area contributed by atoms with Crippen molar-refractivity contribution in [2.24, 2.45) is 0 Å². The lowest BCUT2D eigenvalue weighted by Gasteiger charge is -2.14. The van der Waals surface area contributed by atoms with Crippen molar-refractivity contribution in [1.29, 1.82) is 0 Å². The van der Waals surface area contributed by atoms with E-state index in [0.717, 1.165) is 38.6 Å². The summed E-state index contributed by atoms with van der Waals surface area (Å²) in [6.07, 6.45) is 0. The van der Waals surface area contributed by atoms with Crippen LogP contribution < -0.4 is 0 Å². The second-order valence-corrected chi connectivity index (χ2v) is 10.8. The maximum atomic E-state index is 5.17. The maximum absolute atomic E-state index is 5.17. The first-order valence-corrected chi connectivity index (χ1v) is 14.8. The molecule has 0 radical (unpaired) electrons. The van der Waals surface area contributed by atoms with E-state index >= 15 is 0 Å². The van der Waals surface area contributed by atoms with Crippen LogP contribution in [0.4, 0.5) is 0 Å². The number of nitrogens with zero attached hydrogens (tertiary/aromatic N) is 3. The Bertz CT molecular complexity index is 2270. The van der Waals surface area contributed by atoms with Crippen LogP contribution in [0.15, 0.2) is 164 Å². The quantitative estimate of drug-likeness (QED) is 0.210. The molecule has 0 N–H and O–H groups in total. The Morgan fingerprint density at radius 3 is 1.43 bits per heavy atom. The molecule has 0 aliphatic heterocycles. The van der Waals surface area contributed by atoms with E-state index in [1.165, 1.54) is 21.9 Å². The van der Waals surface area contributed by atoms with Crippen LogP contribution >= 0.6 is 0 Å². The van der Waals surface area contributed by atoms with Gasteiger partial charge in [0.25, 0.3) is 0 Å². The highest BCUT2D eigenvalue weighted by Gasteiger charge is 2.17. The van der Waals surface area contributed by atoms with Gasteiger partial charge in [-0.2, -0.15) is 0 Å². The van der Waals surface area contributed by atoms with E-state index in [2.05, 4.69) is 121 Å². The Labute approximate surface area is 256 Å². The summed E-state index contributed by atoms with van der Waals surface area (Å²) in [6, 6.07) is 56.9. The first kappa shape index (κ1) is 25.8. The molecule has 0 saturated carbocycles. The van der Waals surface area contributed by atoms with Crippen molar-refractivity contribution in [1.82, 2.24) is 15.0 Å². The first-order valence-electron chi connectivity index (χ1n) is 14.8. The van der Waals surface area contributed by atoms with Gasteiger partial charge in [0.2, 0.25) is 0 Å². The number of rotatable bonds is 5. The summed E-state index contributed by atoms with van der Waals surface area (Å²) in [6.45, 7) is 0. The number of benzene rings is 7. The molecular weight excluding hydrogens is 534 g/mol. The second-order valence-electron chi connectivity index (χ2n) is 10.8. The zero-order valence-corrected chi connectivity index (χ0v) is 23.9. The van der Waals surface area contributed by atoms with Crippen molar-refractivity contribution in [2.75, 3.05) is 0 Å². The van der Waals surface area contributed by atoms with Gasteiger partial charge in [-0.05, 0) is 43.8 Å². The van der Waals surface area contributed by atoms with Crippen molar-refractivity contribution < 1.29 is 0 Å². The van der Waals surface area contributed by atoms with E-state index in [9.17, 15) is 0 Å². The SMILES string of the molecule is c1ccc(-c2nc(-c3ccccc3-c3ccccc3)nc(-c3cccc4c(-c5cccc6ccccc56)cccc34)n2)cc1. The van der Waals surface area contributed by atoms with Gasteiger partial charge in [0.15, 0.2) is 17.5 Å². The summed E-state index contributed by atoms with van der Waals surface area (Å²) in [4.78, 5) is 15.3. The lowest BCUT2D eigenvalue weighted by Crippen LogP contribution is -2.01. The monoisotopic (exact) mass is 561 g/mol. The van der Waals surface area contributed by atoms with Gasteiger partial charge in [0.05, 0.1) is 0 Å². The minimum Gasteiger partial charge on any atom is -0.208 e. The van der Waals surface area contributed by atoms with E-state index in [-0.39, 0.29) is 0 Å². The van der Waals surface area contributed by atoms with Crippen LogP contribution in [-0.2, 0) is 0 Å². The summed E-state index contributed by atoms with van der Waals surface area (Å²) in [5.41, 5.74) is 7.50. The molecular formula is C41H27N3. The molecule has 0 spiro atoms. The summed E-state index contributed by atoms with van der Waals surface area (Å²) < 4.78 is 0. The van der Waals surface area contributed by atoms with E-state index in [1.807, 2.05) is 42.5 Å². The molecule has 0 aliphatic rings. The van der Waals surface area contributed by atoms with Gasteiger partial charge in [0, 0.05) is 16.7 Å². The Morgan fingerprint density at radius 2 is 0.682 bits per heavy atom. The third-order valence-electron chi connectivity index (χ3n) is 8.16. The topological polar surface area (TPSA) is 38.7 Å². The molecule has 0 amide bonds. The molecule has 206 valence electrons. The van der Waals surface area contributed by atoms with E-state index in [0.29, 0.717) is 17.5 Å². The zero-order valence-electron chi connectivity index (χ0n) is 23.9. The Balaban J connectivity index is 1.37. The predicted octanol–water partition coefficient (Wildman–Crippen LogP) is 10.5. The highest BCUT2D eigenvalue weighted by Crippen LogP contribution is 2.38. The number of aromatic nitrogens is 3. The summed E-state index contributed by atoms with van der Waals surface area (Å²) in [7, 11) is 0. The minimum atomic E-state index is 0.649. The zero-order chi connectivity index (χ0) is 29.3. The van der Waals surface area contributed by atoms with Crippen molar-refractivity contribution in [2.45, 2.75) is 0 Å². The van der Waals surface area contributed by atoms with Crippen molar-refractivity contribution >= 4 is 21.5 Å². The normalized spacial score (nSPS) is 11.2. The van der Waals surface area contributed by atoms with Crippen LogP contribution in [0.2, 0.25) is 0 Å². The van der Waals surface area contributed by atoms with Gasteiger partial charge >= 0.3 is 0 Å². The first-order chi connectivity index (χ1) is 21.8. The Kier molecular flexibility index (Phi) is 6.47. The molecule has 3 nitrogen and oxygen atoms in total. The van der Waals surface area contributed by atoms with Crippen LogP contribution in [-0.4, -0.2) is 15.0 Å². The third-order valence-corrected chi connectivity index (χ3v) is 8.16. The molecule has 8 aromatic rings. The average molecular weight is 562 g/mol. The van der Waals surface area contributed by atoms with Crippen LogP contribution in [0, 0.1) is 0 Å². The fourth-order valence-electron chi connectivity index (χ4n) is 6.08. The fourth-order valence-corrected chi connectivity index (χ4v) is 6.08. The molecule has 0 unspecified atom stereocenters. The Morgan fingerprint density at radius 1 is 0.250 bits per heavy atom. The number of hydrogen-bond donors (Lipinski definition) is 0. The highest BCUT2D eigenvalue weighted by molar-refractivity contribution is 6.08. The third kappa shape index (κ3) is 4.61. The van der Waals surface area contributed by atoms with Crippen LogP contribution in [0.3, 0.4) is 0 Å². The molecule has 0 saturated heterocycles. The van der Waals surface area contributed by atoms with Gasteiger partial charge in [-0.3, -0.25) is 0 Å². The van der Waals surface area contributed by atoms with Crippen molar-refractivity contribution in [3.63, 3.8) is 0 Å². The van der Waals surface area contributed by atoms with Crippen LogP contribution in [0.25, 0.3) is 78.0 Å². The largest absolute Gasteiger partial charge is 0.208 e. The molecule has 0 fully saturated rings. The highest BCUT2D eigenvalue weighted by atomic mass is 15.0. The molecule has 0 atom stereocenters. The molecule has 3 heteroatoms. The fraction of sp³-hybridized carbons (Fsp3) is 0. The van der Waals surface area contributed by atoms with Gasteiger partial charge in [-0.15, -0.1) is 0 Å². The molecule has 0 bridgehead atoms. The standard InChI is InChI=1S/C41H27N3/c1-3-14-28(15-4-1)32-21-9-10-22-37(32)40-42-39(30-17-5-2-6-18-30)43-41(44-40)38-27-13-25-35-34(24-12-26-36(35)38)33-23-11-19-29-16-7-8-20-31(29)33/h1-27H. The lowest BCUT2D eigenvalue weighted by molar-refractivity contribution is 1.08. The molecule has 7 aromatic carbocycles. The summed E-state index contributed by atoms with van der Waals surface area (Å²) >= 11 is 0. The summed E-state index contributed by atoms with van der Waals surface area (Å²) in [5, 5.41) is 4.73. The van der Waals surface area contributed by atoms with Gasteiger partial charge in [-0.1, -0.05) is 164 Å². The van der Waals surface area contributed by atoms with Gasteiger partial charge in [0.1, 0.15) is 0 Å². The van der Waals surface area contributed by atoms with Crippen molar-refractivity contribution in [3.8, 4) is 56.4 Å². The van der Waals surface area contributed by atoms with E-state index < -0.39 is 0 Å². The predicted molar refractivity (Wildman–Crippen MR) is 182 cm³/mol. The molecule has 1 aromatic heterocycles. The van der Waals surface area contributed by atoms with Gasteiger partial charge in [-0.25, -0.2) is 15.0 Å². The van der Waals surface area contributed by atoms with Gasteiger partial charge < -0.3 is 0 Å². The van der Waals surface area contributed by atoms with E-state index in [1.54, 1.807) is 0 Å². The molecule has 0 aliphatic carbocycles. The maximum Gasteiger partial charge on any atom is 0.164 e. The van der Waals surface area contributed by atoms with E-state index in [4.69, 9.17) is 15.0 Å². The number of hydrogen-bond acceptors (Lipinski definition) is 3. The molecule has 8 rings (SSSR count). The minimum absolute atomic E-state index is 0.649. The van der Waals surface area contributed by atoms with Crippen LogP contribution in [0.1, 0.15) is 0 Å². The molecule has 44 heavy (non-hydrogen) atoms. The van der Waals surface area contributed by atoms with Crippen LogP contribution in [0.5, 0.6) is 0 Å². The second kappa shape index (κ2) is 11.0. The molecule has 1 heterocycles. The van der Waals surface area contributed by atoms with Crippen molar-refractivity contribution in [3.05, 3.63) is 164 Å². The number of fused-ring (bicyclic) bond motifs is 2. The lowest BCUT2D eigenvalue weighted by atomic mass is 9.92. The Hall–Kier alpha value is -5.93.